The van der Waals surface area contributed by atoms with E-state index >= 15 is 0 Å². The van der Waals surface area contributed by atoms with Gasteiger partial charge in [-0.2, -0.15) is 0 Å². The van der Waals surface area contributed by atoms with Crippen LogP contribution >= 0.6 is 0 Å². The molecular formula is C14H20N2O3. The first-order chi connectivity index (χ1) is 9.01. The minimum absolute atomic E-state index is 0.116. The molecule has 1 aliphatic heterocycles. The fourth-order valence-electron chi connectivity index (χ4n) is 2.20. The molecule has 0 spiro atoms. The number of methoxy groups -OCH3 is 2. The van der Waals surface area contributed by atoms with Gasteiger partial charge in [-0.3, -0.25) is 0 Å². The smallest absolute Gasteiger partial charge is 0.356 e. The third kappa shape index (κ3) is 2.71. The summed E-state index contributed by atoms with van der Waals surface area (Å²) in [6.07, 6.45) is 0.856. The topological polar surface area (TPSA) is 51.7 Å². The molecule has 1 aromatic rings. The summed E-state index contributed by atoms with van der Waals surface area (Å²) < 4.78 is 10.2. The number of pyridine rings is 1. The zero-order valence-corrected chi connectivity index (χ0v) is 11.9. The molecule has 5 heteroatoms. The normalized spacial score (nSPS) is 16.9. The predicted octanol–water partition coefficient (Wildman–Crippen LogP) is 1.66. The Balaban J connectivity index is 2.24. The minimum atomic E-state index is -0.397. The van der Waals surface area contributed by atoms with E-state index in [2.05, 4.69) is 23.7 Å². The van der Waals surface area contributed by atoms with E-state index in [0.29, 0.717) is 5.69 Å². The van der Waals surface area contributed by atoms with Crippen molar-refractivity contribution in [1.82, 2.24) is 4.98 Å². The van der Waals surface area contributed by atoms with Crippen LogP contribution < -0.4 is 4.90 Å². The van der Waals surface area contributed by atoms with Crippen LogP contribution in [0.25, 0.3) is 0 Å². The van der Waals surface area contributed by atoms with Gasteiger partial charge in [0.2, 0.25) is 0 Å². The van der Waals surface area contributed by atoms with E-state index in [1.165, 1.54) is 7.11 Å². The molecule has 0 N–H and O–H groups in total. The second-order valence-corrected chi connectivity index (χ2v) is 5.07. The Hall–Kier alpha value is -1.62. The van der Waals surface area contributed by atoms with Crippen molar-refractivity contribution in [3.05, 3.63) is 23.4 Å². The highest BCUT2D eigenvalue weighted by molar-refractivity contribution is 5.87. The summed E-state index contributed by atoms with van der Waals surface area (Å²) in [6, 6.07) is 3.80. The molecule has 104 valence electrons. The maximum atomic E-state index is 11.6. The van der Waals surface area contributed by atoms with Crippen molar-refractivity contribution in [3.8, 4) is 0 Å². The number of esters is 1. The minimum Gasteiger partial charge on any atom is -0.464 e. The number of hydrogen-bond donors (Lipinski definition) is 0. The predicted molar refractivity (Wildman–Crippen MR) is 72.6 cm³/mol. The van der Waals surface area contributed by atoms with Gasteiger partial charge in [0, 0.05) is 20.2 Å². The number of rotatable bonds is 4. The Bertz CT molecular complexity index is 482. The second-order valence-electron chi connectivity index (χ2n) is 5.07. The molecule has 0 unspecified atom stereocenters. The number of aryl methyl sites for hydroxylation is 1. The third-order valence-corrected chi connectivity index (χ3v) is 3.54. The number of carbonyl (C=O) groups is 1. The molecule has 0 bridgehead atoms. The number of aromatic nitrogens is 1. The molecule has 1 aliphatic rings. The summed E-state index contributed by atoms with van der Waals surface area (Å²) >= 11 is 0. The highest BCUT2D eigenvalue weighted by atomic mass is 16.5. The monoisotopic (exact) mass is 264 g/mol. The molecule has 5 nitrogen and oxygen atoms in total. The van der Waals surface area contributed by atoms with Gasteiger partial charge >= 0.3 is 5.97 Å². The first kappa shape index (κ1) is 13.8. The van der Waals surface area contributed by atoms with Crippen LogP contribution in [-0.2, 0) is 15.9 Å². The van der Waals surface area contributed by atoms with Crippen LogP contribution in [-0.4, -0.2) is 43.9 Å². The van der Waals surface area contributed by atoms with Crippen LogP contribution in [0.4, 0.5) is 5.82 Å². The van der Waals surface area contributed by atoms with Gasteiger partial charge < -0.3 is 14.4 Å². The lowest BCUT2D eigenvalue weighted by molar-refractivity contribution is -0.0171. The highest BCUT2D eigenvalue weighted by Gasteiger charge is 2.39. The molecular weight excluding hydrogens is 244 g/mol. The van der Waals surface area contributed by atoms with Gasteiger partial charge in [0.1, 0.15) is 5.82 Å². The Kier molecular flexibility index (Phi) is 3.75. The van der Waals surface area contributed by atoms with Crippen LogP contribution in [0.3, 0.4) is 0 Å². The molecule has 0 amide bonds. The SMILES string of the molecule is CCc1cc(C(=O)OC)nc(N2CC(C)(OC)C2)c1. The van der Waals surface area contributed by atoms with Gasteiger partial charge in [0.05, 0.1) is 12.7 Å². The van der Waals surface area contributed by atoms with Crippen molar-refractivity contribution in [1.29, 1.82) is 0 Å². The van der Waals surface area contributed by atoms with Gasteiger partial charge in [-0.25, -0.2) is 9.78 Å². The lowest BCUT2D eigenvalue weighted by atomic mass is 9.96. The Morgan fingerprint density at radius 3 is 2.63 bits per heavy atom. The van der Waals surface area contributed by atoms with Gasteiger partial charge in [-0.15, -0.1) is 0 Å². The fourth-order valence-corrected chi connectivity index (χ4v) is 2.20. The molecule has 0 aromatic carbocycles. The van der Waals surface area contributed by atoms with Crippen molar-refractivity contribution in [3.63, 3.8) is 0 Å². The largest absolute Gasteiger partial charge is 0.464 e. The lowest BCUT2D eigenvalue weighted by Crippen LogP contribution is -2.61. The maximum absolute atomic E-state index is 11.6. The first-order valence-corrected chi connectivity index (χ1v) is 6.40. The van der Waals surface area contributed by atoms with Crippen molar-refractivity contribution in [2.75, 3.05) is 32.2 Å². The van der Waals surface area contributed by atoms with Gasteiger partial charge in [-0.05, 0) is 31.0 Å². The van der Waals surface area contributed by atoms with Gasteiger partial charge in [-0.1, -0.05) is 6.92 Å². The summed E-state index contributed by atoms with van der Waals surface area (Å²) in [5.41, 5.74) is 1.33. The molecule has 0 saturated carbocycles. The zero-order valence-electron chi connectivity index (χ0n) is 11.9. The van der Waals surface area contributed by atoms with E-state index in [-0.39, 0.29) is 5.60 Å². The van der Waals surface area contributed by atoms with Crippen molar-refractivity contribution in [2.24, 2.45) is 0 Å². The standard InChI is InChI=1S/C14H20N2O3/c1-5-10-6-11(13(17)18-3)15-12(7-10)16-8-14(2,9-16)19-4/h6-7H,5,8-9H2,1-4H3. The van der Waals surface area contributed by atoms with E-state index in [4.69, 9.17) is 9.47 Å². The summed E-state index contributed by atoms with van der Waals surface area (Å²) in [5, 5.41) is 0. The molecule has 0 aliphatic carbocycles. The quantitative estimate of drug-likeness (QED) is 0.774. The molecule has 0 atom stereocenters. The van der Waals surface area contributed by atoms with Crippen molar-refractivity contribution >= 4 is 11.8 Å². The van der Waals surface area contributed by atoms with E-state index in [9.17, 15) is 4.79 Å². The van der Waals surface area contributed by atoms with E-state index in [1.807, 2.05) is 6.07 Å². The number of ether oxygens (including phenoxy) is 2. The first-order valence-electron chi connectivity index (χ1n) is 6.40. The number of carbonyl (C=O) groups excluding carboxylic acids is 1. The molecule has 19 heavy (non-hydrogen) atoms. The molecule has 0 radical (unpaired) electrons. The van der Waals surface area contributed by atoms with Crippen LogP contribution in [0.1, 0.15) is 29.9 Å². The van der Waals surface area contributed by atoms with Crippen LogP contribution in [0.15, 0.2) is 12.1 Å². The third-order valence-electron chi connectivity index (χ3n) is 3.54. The Morgan fingerprint density at radius 2 is 2.11 bits per heavy atom. The van der Waals surface area contributed by atoms with Gasteiger partial charge in [0.15, 0.2) is 5.69 Å². The van der Waals surface area contributed by atoms with Gasteiger partial charge in [0.25, 0.3) is 0 Å². The number of hydrogen-bond acceptors (Lipinski definition) is 5. The lowest BCUT2D eigenvalue weighted by Gasteiger charge is -2.47. The zero-order chi connectivity index (χ0) is 14.0. The van der Waals surface area contributed by atoms with E-state index in [1.54, 1.807) is 13.2 Å². The summed E-state index contributed by atoms with van der Waals surface area (Å²) in [5.74, 6) is 0.417. The Labute approximate surface area is 113 Å². The summed E-state index contributed by atoms with van der Waals surface area (Å²) in [6.45, 7) is 5.68. The van der Waals surface area contributed by atoms with E-state index < -0.39 is 5.97 Å². The average Bonchev–Trinajstić information content (AvgIpc) is 2.42. The molecule has 1 saturated heterocycles. The number of nitrogens with zero attached hydrogens (tertiary/aromatic N) is 2. The second kappa shape index (κ2) is 5.17. The number of anilines is 1. The van der Waals surface area contributed by atoms with Crippen LogP contribution in [0, 0.1) is 0 Å². The van der Waals surface area contributed by atoms with Crippen LogP contribution in [0.2, 0.25) is 0 Å². The highest BCUT2D eigenvalue weighted by Crippen LogP contribution is 2.29. The van der Waals surface area contributed by atoms with Crippen molar-refractivity contribution in [2.45, 2.75) is 25.9 Å². The summed E-state index contributed by atoms with van der Waals surface area (Å²) in [4.78, 5) is 18.1. The van der Waals surface area contributed by atoms with Crippen LogP contribution in [0.5, 0.6) is 0 Å². The Morgan fingerprint density at radius 1 is 1.42 bits per heavy atom. The van der Waals surface area contributed by atoms with Crippen molar-refractivity contribution < 1.29 is 14.3 Å². The maximum Gasteiger partial charge on any atom is 0.356 e. The summed E-state index contributed by atoms with van der Waals surface area (Å²) in [7, 11) is 3.08. The molecule has 2 rings (SSSR count). The molecule has 2 heterocycles. The molecule has 1 fully saturated rings. The van der Waals surface area contributed by atoms with E-state index in [0.717, 1.165) is 30.9 Å². The average molecular weight is 264 g/mol. The fraction of sp³-hybridized carbons (Fsp3) is 0.571. The molecule has 1 aromatic heterocycles.